The van der Waals surface area contributed by atoms with E-state index in [0.717, 1.165) is 0 Å². The molecule has 8 nitrogen and oxygen atoms in total. The van der Waals surface area contributed by atoms with Crippen LogP contribution in [0.5, 0.6) is 5.75 Å². The second kappa shape index (κ2) is 10.4. The topological polar surface area (TPSA) is 98.8 Å². The third-order valence-corrected chi connectivity index (χ3v) is 6.96. The normalized spacial score (nSPS) is 17.2. The summed E-state index contributed by atoms with van der Waals surface area (Å²) in [5, 5.41) is 10.8. The Labute approximate surface area is 235 Å². The largest absolute Gasteiger partial charge is 0.460 e. The number of nitrogens with zero attached hydrogens (tertiary/aromatic N) is 4. The number of para-hydroxylation sites is 1. The van der Waals surface area contributed by atoms with Gasteiger partial charge in [-0.05, 0) is 33.3 Å². The number of esters is 1. The van der Waals surface area contributed by atoms with E-state index in [1.54, 1.807) is 49.6 Å². The summed E-state index contributed by atoms with van der Waals surface area (Å²) < 4.78 is 53.4. The minimum absolute atomic E-state index is 0.00261. The van der Waals surface area contributed by atoms with E-state index in [1.165, 1.54) is 24.5 Å². The van der Waals surface area contributed by atoms with Crippen LogP contribution in [0.25, 0.3) is 16.8 Å². The lowest BCUT2D eigenvalue weighted by molar-refractivity contribution is -0.156. The molecule has 3 aromatic heterocycles. The molecule has 41 heavy (non-hydrogen) atoms. The van der Waals surface area contributed by atoms with Gasteiger partial charge in [0, 0.05) is 52.7 Å². The molecule has 11 heteroatoms. The highest BCUT2D eigenvalue weighted by Gasteiger charge is 2.38. The van der Waals surface area contributed by atoms with Crippen molar-refractivity contribution in [1.29, 1.82) is 0 Å². The lowest BCUT2D eigenvalue weighted by atomic mass is 9.88. The van der Waals surface area contributed by atoms with Crippen molar-refractivity contribution in [2.45, 2.75) is 77.1 Å². The molecule has 0 radical (unpaired) electrons. The fraction of sp³-hybridized carbons (Fsp3) is 0.400. The number of aliphatic hydroxyl groups excluding tert-OH is 1. The van der Waals surface area contributed by atoms with Crippen LogP contribution in [0.2, 0.25) is 0 Å². The number of benzene rings is 1. The number of pyridine rings is 1. The minimum Gasteiger partial charge on any atom is -0.460 e. The van der Waals surface area contributed by atoms with Gasteiger partial charge in [-0.3, -0.25) is 4.79 Å². The Balaban J connectivity index is 1.50. The molecule has 1 aromatic carbocycles. The number of hydrogen-bond acceptors (Lipinski definition) is 7. The third kappa shape index (κ3) is 5.76. The molecule has 0 spiro atoms. The number of hydrogen-bond donors (Lipinski definition) is 1. The van der Waals surface area contributed by atoms with Gasteiger partial charge in [-0.15, -0.1) is 0 Å². The number of rotatable bonds is 7. The molecule has 2 atom stereocenters. The van der Waals surface area contributed by atoms with Crippen LogP contribution in [0, 0.1) is 5.82 Å². The highest BCUT2D eigenvalue weighted by atomic mass is 19.3. The van der Waals surface area contributed by atoms with Crippen molar-refractivity contribution in [1.82, 2.24) is 19.4 Å². The number of fused-ring (bicyclic) bond motifs is 3. The monoisotopic (exact) mass is 568 g/mol. The summed E-state index contributed by atoms with van der Waals surface area (Å²) >= 11 is 0. The second-order valence-electron chi connectivity index (χ2n) is 11.8. The van der Waals surface area contributed by atoms with E-state index in [9.17, 15) is 18.7 Å². The zero-order chi connectivity index (χ0) is 29.7. The lowest BCUT2D eigenvalue weighted by Gasteiger charge is -2.25. The SMILES string of the molecule is CC(C)(C)OC(=O)CC(C)(C)c1ncc(-c2cn3c4c(nc3cc2F)[C@H](O)C[C@@H]4c2ccccc2OC(F)F)cn1. The summed E-state index contributed by atoms with van der Waals surface area (Å²) in [6.45, 7) is 6.03. The Kier molecular flexibility index (Phi) is 7.27. The molecular weight excluding hydrogens is 537 g/mol. The van der Waals surface area contributed by atoms with Crippen LogP contribution in [0.1, 0.15) is 82.3 Å². The molecule has 0 fully saturated rings. The molecule has 0 bridgehead atoms. The standard InChI is InChI=1S/C30H31F3N4O4/c1-29(2,3)41-24(39)12-30(4,5)27-34-13-16(14-35-27)19-15-37-23(11-20(19)31)36-25-21(38)10-18(26(25)37)17-8-6-7-9-22(17)40-28(32)33/h6-9,11,13-15,18,21,28,38H,10,12H2,1-5H3/t18-,21-/m1/s1. The van der Waals surface area contributed by atoms with Crippen LogP contribution in [-0.2, 0) is 14.9 Å². The molecule has 0 saturated carbocycles. The number of carbonyl (C=O) groups excluding carboxylic acids is 1. The molecule has 1 N–H and O–H groups in total. The number of alkyl halides is 2. The van der Waals surface area contributed by atoms with Crippen molar-refractivity contribution < 1.29 is 32.5 Å². The fourth-order valence-electron chi connectivity index (χ4n) is 5.23. The van der Waals surface area contributed by atoms with Gasteiger partial charge < -0.3 is 19.0 Å². The first kappa shape index (κ1) is 28.5. The van der Waals surface area contributed by atoms with Gasteiger partial charge in [0.1, 0.15) is 28.6 Å². The van der Waals surface area contributed by atoms with Gasteiger partial charge in [0.25, 0.3) is 0 Å². The van der Waals surface area contributed by atoms with Crippen LogP contribution in [-0.4, -0.2) is 42.6 Å². The Morgan fingerprint density at radius 3 is 2.49 bits per heavy atom. The Hall–Kier alpha value is -3.99. The van der Waals surface area contributed by atoms with Crippen molar-refractivity contribution >= 4 is 11.6 Å². The van der Waals surface area contributed by atoms with E-state index in [1.807, 2.05) is 13.8 Å². The number of aliphatic hydroxyl groups is 1. The summed E-state index contributed by atoms with van der Waals surface area (Å²) in [6.07, 6.45) is 3.82. The molecule has 0 unspecified atom stereocenters. The molecule has 5 rings (SSSR count). The van der Waals surface area contributed by atoms with E-state index in [2.05, 4.69) is 15.0 Å². The van der Waals surface area contributed by atoms with E-state index in [-0.39, 0.29) is 35.8 Å². The molecular formula is C30H31F3N4O4. The first-order valence-corrected chi connectivity index (χ1v) is 13.2. The van der Waals surface area contributed by atoms with Crippen LogP contribution < -0.4 is 4.74 Å². The number of aromatic nitrogens is 4. The Morgan fingerprint density at radius 1 is 1.15 bits per heavy atom. The molecule has 1 aliphatic rings. The van der Waals surface area contributed by atoms with Gasteiger partial charge in [-0.2, -0.15) is 8.78 Å². The first-order chi connectivity index (χ1) is 19.2. The Bertz CT molecular complexity index is 1600. The van der Waals surface area contributed by atoms with Crippen molar-refractivity contribution in [2.24, 2.45) is 0 Å². The summed E-state index contributed by atoms with van der Waals surface area (Å²) in [7, 11) is 0. The van der Waals surface area contributed by atoms with E-state index >= 15 is 4.39 Å². The van der Waals surface area contributed by atoms with E-state index < -0.39 is 35.5 Å². The minimum atomic E-state index is -3.01. The smallest absolute Gasteiger partial charge is 0.387 e. The molecule has 0 aliphatic heterocycles. The highest BCUT2D eigenvalue weighted by molar-refractivity contribution is 5.71. The molecule has 3 heterocycles. The van der Waals surface area contributed by atoms with Crippen LogP contribution in [0.15, 0.2) is 48.9 Å². The molecule has 0 saturated heterocycles. The summed E-state index contributed by atoms with van der Waals surface area (Å²) in [6, 6.07) is 7.66. The summed E-state index contributed by atoms with van der Waals surface area (Å²) in [5.74, 6) is -1.06. The maximum absolute atomic E-state index is 15.3. The van der Waals surface area contributed by atoms with Crippen molar-refractivity contribution in [2.75, 3.05) is 0 Å². The van der Waals surface area contributed by atoms with Gasteiger partial charge in [-0.25, -0.2) is 19.3 Å². The van der Waals surface area contributed by atoms with Gasteiger partial charge in [0.2, 0.25) is 0 Å². The van der Waals surface area contributed by atoms with Crippen LogP contribution in [0.3, 0.4) is 0 Å². The van der Waals surface area contributed by atoms with Gasteiger partial charge in [0.05, 0.1) is 23.9 Å². The van der Waals surface area contributed by atoms with Gasteiger partial charge >= 0.3 is 12.6 Å². The number of imidazole rings is 1. The predicted molar refractivity (Wildman–Crippen MR) is 144 cm³/mol. The van der Waals surface area contributed by atoms with Crippen molar-refractivity contribution in [3.05, 3.63) is 77.5 Å². The van der Waals surface area contributed by atoms with Gasteiger partial charge in [0.15, 0.2) is 0 Å². The molecule has 0 amide bonds. The lowest BCUT2D eigenvalue weighted by Crippen LogP contribution is -2.30. The van der Waals surface area contributed by atoms with Crippen LogP contribution in [0.4, 0.5) is 13.2 Å². The maximum atomic E-state index is 15.3. The number of halogens is 3. The average Bonchev–Trinajstić information content (AvgIpc) is 3.38. The van der Waals surface area contributed by atoms with E-state index in [4.69, 9.17) is 9.47 Å². The summed E-state index contributed by atoms with van der Waals surface area (Å²) in [5.41, 5.74) is 0.886. The quantitative estimate of drug-likeness (QED) is 0.269. The molecule has 216 valence electrons. The fourth-order valence-corrected chi connectivity index (χ4v) is 5.23. The maximum Gasteiger partial charge on any atom is 0.387 e. The van der Waals surface area contributed by atoms with Crippen molar-refractivity contribution in [3.8, 4) is 16.9 Å². The van der Waals surface area contributed by atoms with Crippen LogP contribution >= 0.6 is 0 Å². The highest BCUT2D eigenvalue weighted by Crippen LogP contribution is 2.47. The Morgan fingerprint density at radius 2 is 1.83 bits per heavy atom. The first-order valence-electron chi connectivity index (χ1n) is 13.2. The number of ether oxygens (including phenoxy) is 2. The zero-order valence-electron chi connectivity index (χ0n) is 23.4. The number of carbonyl (C=O) groups is 1. The van der Waals surface area contributed by atoms with Crippen molar-refractivity contribution in [3.63, 3.8) is 0 Å². The van der Waals surface area contributed by atoms with E-state index in [0.29, 0.717) is 28.3 Å². The molecule has 4 aromatic rings. The average molecular weight is 569 g/mol. The van der Waals surface area contributed by atoms with Gasteiger partial charge in [-0.1, -0.05) is 32.0 Å². The third-order valence-electron chi connectivity index (χ3n) is 6.96. The summed E-state index contributed by atoms with van der Waals surface area (Å²) in [4.78, 5) is 25.7. The molecule has 1 aliphatic carbocycles. The predicted octanol–water partition coefficient (Wildman–Crippen LogP) is 6.11. The zero-order valence-corrected chi connectivity index (χ0v) is 23.4. The second-order valence-corrected chi connectivity index (χ2v) is 11.8.